The maximum atomic E-state index is 13.2. The fraction of sp³-hybridized carbons (Fsp3) is 0.923. The van der Waals surface area contributed by atoms with Crippen LogP contribution < -0.4 is 10.6 Å². The average Bonchev–Trinajstić information content (AvgIpc) is 2.47. The summed E-state index contributed by atoms with van der Waals surface area (Å²) >= 11 is 0. The van der Waals surface area contributed by atoms with Gasteiger partial charge in [-0.25, -0.2) is 12.7 Å². The zero-order valence-electron chi connectivity index (χ0n) is 13.9. The number of nitrogens with zero attached hydrogens (tertiary/aromatic N) is 2. The molecule has 1 unspecified atom stereocenters. The highest BCUT2D eigenvalue weighted by Gasteiger charge is 2.44. The first-order valence-electron chi connectivity index (χ1n) is 7.87. The van der Waals surface area contributed by atoms with E-state index in [1.54, 1.807) is 13.8 Å². The van der Waals surface area contributed by atoms with Crippen molar-refractivity contribution in [3.63, 3.8) is 0 Å². The Morgan fingerprint density at radius 1 is 1.25 bits per heavy atom. The summed E-state index contributed by atoms with van der Waals surface area (Å²) in [7, 11) is -3.81. The Balaban J connectivity index is 2.64. The van der Waals surface area contributed by atoms with Crippen LogP contribution in [0.1, 0.15) is 13.8 Å². The molecule has 1 fully saturated rings. The van der Waals surface area contributed by atoms with E-state index in [0.29, 0.717) is 13.1 Å². The van der Waals surface area contributed by atoms with E-state index in [1.165, 1.54) is 4.90 Å². The standard InChI is InChI=1S/C13H25F3N4O3S/c1-3-20(4-2)24(22,23)10-12(21)18-9-11(13(14,15)16)19-7-5-17-6-8-19/h11,17H,3-10H2,1-2H3,(H,18,21). The minimum Gasteiger partial charge on any atom is -0.353 e. The second kappa shape index (κ2) is 8.97. The van der Waals surface area contributed by atoms with E-state index in [1.807, 2.05) is 0 Å². The normalized spacial score (nSPS) is 18.6. The molecule has 0 bridgehead atoms. The van der Waals surface area contributed by atoms with Gasteiger partial charge in [0.25, 0.3) is 0 Å². The van der Waals surface area contributed by atoms with Crippen molar-refractivity contribution in [2.45, 2.75) is 26.1 Å². The van der Waals surface area contributed by atoms with Crippen LogP contribution in [0.2, 0.25) is 0 Å². The summed E-state index contributed by atoms with van der Waals surface area (Å²) in [6, 6.07) is -1.82. The molecule has 142 valence electrons. The van der Waals surface area contributed by atoms with Gasteiger partial charge in [0, 0.05) is 45.8 Å². The van der Waals surface area contributed by atoms with E-state index in [9.17, 15) is 26.4 Å². The number of rotatable bonds is 8. The van der Waals surface area contributed by atoms with Crippen LogP contribution in [0.4, 0.5) is 13.2 Å². The summed E-state index contributed by atoms with van der Waals surface area (Å²) in [5.74, 6) is -1.77. The third-order valence-corrected chi connectivity index (χ3v) is 5.81. The minimum atomic E-state index is -4.50. The number of alkyl halides is 3. The minimum absolute atomic E-state index is 0.206. The van der Waals surface area contributed by atoms with Gasteiger partial charge in [0.15, 0.2) is 0 Å². The molecule has 0 aromatic heterocycles. The average molecular weight is 374 g/mol. The first kappa shape index (κ1) is 21.1. The maximum absolute atomic E-state index is 13.2. The molecule has 0 aromatic rings. The zero-order valence-corrected chi connectivity index (χ0v) is 14.7. The Labute approximate surface area is 140 Å². The molecule has 1 aliphatic rings. The smallest absolute Gasteiger partial charge is 0.353 e. The molecule has 1 atom stereocenters. The molecule has 24 heavy (non-hydrogen) atoms. The molecule has 0 aromatic carbocycles. The lowest BCUT2D eigenvalue weighted by atomic mass is 10.2. The molecule has 1 saturated heterocycles. The van der Waals surface area contributed by atoms with Crippen molar-refractivity contribution < 1.29 is 26.4 Å². The molecule has 1 amide bonds. The van der Waals surface area contributed by atoms with Gasteiger partial charge in [-0.05, 0) is 0 Å². The van der Waals surface area contributed by atoms with Gasteiger partial charge in [0.1, 0.15) is 11.8 Å². The summed E-state index contributed by atoms with van der Waals surface area (Å²) < 4.78 is 64.6. The maximum Gasteiger partial charge on any atom is 0.405 e. The Hall–Kier alpha value is -0.910. The highest BCUT2D eigenvalue weighted by Crippen LogP contribution is 2.24. The third-order valence-electron chi connectivity index (χ3n) is 3.88. The highest BCUT2D eigenvalue weighted by molar-refractivity contribution is 7.89. The summed E-state index contributed by atoms with van der Waals surface area (Å²) in [4.78, 5) is 13.0. The number of amides is 1. The molecule has 1 rings (SSSR count). The van der Waals surface area contributed by atoms with Crippen LogP contribution in [-0.4, -0.2) is 87.3 Å². The largest absolute Gasteiger partial charge is 0.405 e. The molecular weight excluding hydrogens is 349 g/mol. The number of sulfonamides is 1. The van der Waals surface area contributed by atoms with E-state index < -0.39 is 40.4 Å². The van der Waals surface area contributed by atoms with Crippen LogP contribution in [0.5, 0.6) is 0 Å². The van der Waals surface area contributed by atoms with Gasteiger partial charge in [0.2, 0.25) is 15.9 Å². The highest BCUT2D eigenvalue weighted by atomic mass is 32.2. The lowest BCUT2D eigenvalue weighted by Crippen LogP contribution is -2.58. The molecule has 1 aliphatic heterocycles. The summed E-state index contributed by atoms with van der Waals surface area (Å²) in [6.45, 7) is 4.33. The van der Waals surface area contributed by atoms with E-state index in [2.05, 4.69) is 10.6 Å². The molecule has 0 radical (unpaired) electrons. The summed E-state index contributed by atoms with van der Waals surface area (Å²) in [6.07, 6.45) is -4.50. The molecule has 0 saturated carbocycles. The molecule has 7 nitrogen and oxygen atoms in total. The number of nitrogens with one attached hydrogen (secondary N) is 2. The zero-order chi connectivity index (χ0) is 18.4. The monoisotopic (exact) mass is 374 g/mol. The van der Waals surface area contributed by atoms with Crippen molar-refractivity contribution in [2.75, 3.05) is 51.6 Å². The fourth-order valence-electron chi connectivity index (χ4n) is 2.58. The van der Waals surface area contributed by atoms with E-state index in [0.717, 1.165) is 4.31 Å². The van der Waals surface area contributed by atoms with Crippen LogP contribution in [-0.2, 0) is 14.8 Å². The number of piperazine rings is 1. The molecule has 2 N–H and O–H groups in total. The molecule has 0 spiro atoms. The molecule has 11 heteroatoms. The van der Waals surface area contributed by atoms with Crippen LogP contribution >= 0.6 is 0 Å². The number of halogens is 3. The second-order valence-corrected chi connectivity index (χ2v) is 7.46. The topological polar surface area (TPSA) is 81.8 Å². The van der Waals surface area contributed by atoms with Crippen molar-refractivity contribution >= 4 is 15.9 Å². The van der Waals surface area contributed by atoms with Gasteiger partial charge in [-0.15, -0.1) is 0 Å². The first-order valence-corrected chi connectivity index (χ1v) is 9.48. The van der Waals surface area contributed by atoms with Gasteiger partial charge < -0.3 is 10.6 Å². The fourth-order valence-corrected chi connectivity index (χ4v) is 3.98. The Kier molecular flexibility index (Phi) is 7.90. The number of carbonyl (C=O) groups is 1. The molecule has 1 heterocycles. The van der Waals surface area contributed by atoms with Crippen LogP contribution in [0.25, 0.3) is 0 Å². The van der Waals surface area contributed by atoms with E-state index >= 15 is 0 Å². The van der Waals surface area contributed by atoms with Crippen molar-refractivity contribution in [1.82, 2.24) is 19.8 Å². The lowest BCUT2D eigenvalue weighted by Gasteiger charge is -2.35. The molecular formula is C13H25F3N4O3S. The second-order valence-electron chi connectivity index (χ2n) is 5.49. The predicted molar refractivity (Wildman–Crippen MR) is 84.0 cm³/mol. The SMILES string of the molecule is CCN(CC)S(=O)(=O)CC(=O)NCC(N1CCNCC1)C(F)(F)F. The van der Waals surface area contributed by atoms with Crippen LogP contribution in [0.15, 0.2) is 0 Å². The van der Waals surface area contributed by atoms with E-state index in [-0.39, 0.29) is 26.2 Å². The third kappa shape index (κ3) is 6.19. The number of hydrogen-bond donors (Lipinski definition) is 2. The van der Waals surface area contributed by atoms with Gasteiger partial charge in [-0.1, -0.05) is 13.8 Å². The van der Waals surface area contributed by atoms with Gasteiger partial charge in [0.05, 0.1) is 0 Å². The summed E-state index contributed by atoms with van der Waals surface area (Å²) in [5.41, 5.74) is 0. The van der Waals surface area contributed by atoms with Crippen LogP contribution in [0, 0.1) is 0 Å². The van der Waals surface area contributed by atoms with Gasteiger partial charge in [-0.2, -0.15) is 13.2 Å². The van der Waals surface area contributed by atoms with Crippen molar-refractivity contribution in [3.05, 3.63) is 0 Å². The van der Waals surface area contributed by atoms with Crippen molar-refractivity contribution in [3.8, 4) is 0 Å². The van der Waals surface area contributed by atoms with Crippen LogP contribution in [0.3, 0.4) is 0 Å². The van der Waals surface area contributed by atoms with Gasteiger partial charge in [-0.3, -0.25) is 9.69 Å². The van der Waals surface area contributed by atoms with Gasteiger partial charge >= 0.3 is 6.18 Å². The van der Waals surface area contributed by atoms with Crippen molar-refractivity contribution in [2.24, 2.45) is 0 Å². The number of carbonyl (C=O) groups excluding carboxylic acids is 1. The molecule has 0 aliphatic carbocycles. The quantitative estimate of drug-likeness (QED) is 0.605. The Morgan fingerprint density at radius 3 is 2.25 bits per heavy atom. The Bertz CT molecular complexity index is 503. The first-order chi connectivity index (χ1) is 11.1. The number of hydrogen-bond acceptors (Lipinski definition) is 5. The lowest BCUT2D eigenvalue weighted by molar-refractivity contribution is -0.183. The predicted octanol–water partition coefficient (Wildman–Crippen LogP) is -0.390. The Morgan fingerprint density at radius 2 is 1.79 bits per heavy atom. The summed E-state index contributed by atoms with van der Waals surface area (Å²) in [5, 5.41) is 5.08. The van der Waals surface area contributed by atoms with Crippen molar-refractivity contribution in [1.29, 1.82) is 0 Å². The van der Waals surface area contributed by atoms with E-state index in [4.69, 9.17) is 0 Å².